The minimum absolute atomic E-state index is 0.273. The van der Waals surface area contributed by atoms with E-state index in [9.17, 15) is 9.59 Å². The zero-order valence-corrected chi connectivity index (χ0v) is 20.8. The fraction of sp³-hybridized carbons (Fsp3) is 0.0800. The first-order chi connectivity index (χ1) is 15.9. The van der Waals surface area contributed by atoms with Crippen molar-refractivity contribution in [3.05, 3.63) is 104 Å². The summed E-state index contributed by atoms with van der Waals surface area (Å²) in [4.78, 5) is 25.7. The zero-order chi connectivity index (χ0) is 23.4. The van der Waals surface area contributed by atoms with Crippen LogP contribution in [-0.4, -0.2) is 21.1 Å². The summed E-state index contributed by atoms with van der Waals surface area (Å²) in [5, 5.41) is 1.11. The van der Waals surface area contributed by atoms with Crippen LogP contribution in [0.5, 0.6) is 5.75 Å². The van der Waals surface area contributed by atoms with Gasteiger partial charge in [0.25, 0.3) is 11.8 Å². The second-order valence-corrected chi connectivity index (χ2v) is 9.90. The molecule has 8 heteroatoms. The second-order valence-electron chi connectivity index (χ2n) is 7.31. The summed E-state index contributed by atoms with van der Waals surface area (Å²) >= 11 is 9.77. The van der Waals surface area contributed by atoms with Crippen LogP contribution in [0.4, 0.5) is 0 Å². The van der Waals surface area contributed by atoms with Gasteiger partial charge in [-0.25, -0.2) is 0 Å². The molecule has 2 amide bonds. The smallest absolute Gasteiger partial charge is 0.285 e. The summed E-state index contributed by atoms with van der Waals surface area (Å²) in [6, 6.07) is 22.5. The number of benzene rings is 3. The molecule has 0 spiro atoms. The van der Waals surface area contributed by atoms with E-state index < -0.39 is 5.91 Å². The summed E-state index contributed by atoms with van der Waals surface area (Å²) in [7, 11) is 0. The Bertz CT molecular complexity index is 1240. The molecule has 0 atom stereocenters. The number of aryl methyl sites for hydroxylation is 1. The van der Waals surface area contributed by atoms with Gasteiger partial charge in [-0.2, -0.15) is 5.01 Å². The second kappa shape index (κ2) is 10.3. The highest BCUT2D eigenvalue weighted by Gasteiger charge is 2.33. The molecule has 4 rings (SSSR count). The highest BCUT2D eigenvalue weighted by Crippen LogP contribution is 2.32. The van der Waals surface area contributed by atoms with Gasteiger partial charge in [-0.1, -0.05) is 69.7 Å². The number of thiocarbonyl (C=S) groups is 1. The Morgan fingerprint density at radius 2 is 1.85 bits per heavy atom. The van der Waals surface area contributed by atoms with Crippen LogP contribution in [0.2, 0.25) is 0 Å². The summed E-state index contributed by atoms with van der Waals surface area (Å²) in [5.41, 5.74) is 6.14. The van der Waals surface area contributed by atoms with E-state index in [1.165, 1.54) is 5.56 Å². The molecule has 0 unspecified atom stereocenters. The lowest BCUT2D eigenvalue weighted by Gasteiger charge is -2.15. The van der Waals surface area contributed by atoms with E-state index in [1.54, 1.807) is 30.3 Å². The fourth-order valence-corrected chi connectivity index (χ4v) is 4.56. The molecule has 0 bridgehead atoms. The molecule has 0 aliphatic carbocycles. The van der Waals surface area contributed by atoms with E-state index in [4.69, 9.17) is 17.0 Å². The number of hydrogen-bond acceptors (Lipinski definition) is 5. The molecule has 0 saturated carbocycles. The molecular weight excluding hydrogens is 520 g/mol. The number of carbonyl (C=O) groups excluding carboxylic acids is 2. The lowest BCUT2D eigenvalue weighted by atomic mass is 10.1. The number of hydrogen-bond donors (Lipinski definition) is 1. The first kappa shape index (κ1) is 23.2. The Morgan fingerprint density at radius 3 is 2.55 bits per heavy atom. The van der Waals surface area contributed by atoms with Gasteiger partial charge >= 0.3 is 0 Å². The molecule has 1 N–H and O–H groups in total. The molecule has 3 aromatic rings. The largest absolute Gasteiger partial charge is 0.489 e. The number of nitrogens with zero attached hydrogens (tertiary/aromatic N) is 1. The van der Waals surface area contributed by atoms with Crippen molar-refractivity contribution >= 4 is 62.1 Å². The zero-order valence-electron chi connectivity index (χ0n) is 17.6. The van der Waals surface area contributed by atoms with Gasteiger partial charge in [0.15, 0.2) is 4.32 Å². The first-order valence-corrected chi connectivity index (χ1v) is 12.0. The monoisotopic (exact) mass is 538 g/mol. The maximum Gasteiger partial charge on any atom is 0.285 e. The van der Waals surface area contributed by atoms with Crippen LogP contribution < -0.4 is 10.2 Å². The average molecular weight is 539 g/mol. The summed E-state index contributed by atoms with van der Waals surface area (Å²) in [5.74, 6) is -0.0339. The third-order valence-electron chi connectivity index (χ3n) is 4.78. The number of ether oxygens (including phenoxy) is 1. The average Bonchev–Trinajstić information content (AvgIpc) is 3.06. The molecule has 1 aliphatic rings. The molecule has 5 nitrogen and oxygen atoms in total. The van der Waals surface area contributed by atoms with Gasteiger partial charge in [0.1, 0.15) is 12.4 Å². The van der Waals surface area contributed by atoms with Gasteiger partial charge in [-0.05, 0) is 72.7 Å². The van der Waals surface area contributed by atoms with E-state index in [1.807, 2.05) is 49.4 Å². The van der Waals surface area contributed by atoms with Crippen LogP contribution in [0.3, 0.4) is 0 Å². The van der Waals surface area contributed by atoms with E-state index in [-0.39, 0.29) is 10.2 Å². The van der Waals surface area contributed by atoms with Crippen LogP contribution >= 0.6 is 39.9 Å². The summed E-state index contributed by atoms with van der Waals surface area (Å²) in [6.45, 7) is 2.53. The maximum absolute atomic E-state index is 12.8. The van der Waals surface area contributed by atoms with Crippen LogP contribution in [-0.2, 0) is 11.4 Å². The predicted octanol–water partition coefficient (Wildman–Crippen LogP) is 5.88. The van der Waals surface area contributed by atoms with Crippen LogP contribution in [0.15, 0.2) is 82.2 Å². The van der Waals surface area contributed by atoms with E-state index >= 15 is 0 Å². The van der Waals surface area contributed by atoms with Crippen molar-refractivity contribution in [2.75, 3.05) is 0 Å². The quantitative estimate of drug-likeness (QED) is 0.313. The number of rotatable bonds is 6. The third kappa shape index (κ3) is 5.90. The molecule has 1 heterocycles. The van der Waals surface area contributed by atoms with E-state index in [0.29, 0.717) is 17.1 Å². The van der Waals surface area contributed by atoms with Gasteiger partial charge in [0.05, 0.1) is 4.91 Å². The van der Waals surface area contributed by atoms with Crippen molar-refractivity contribution in [2.24, 2.45) is 0 Å². The van der Waals surface area contributed by atoms with Crippen LogP contribution in [0.25, 0.3) is 6.08 Å². The Kier molecular flexibility index (Phi) is 7.27. The third-order valence-corrected chi connectivity index (χ3v) is 6.61. The molecular formula is C25H19BrN2O3S2. The van der Waals surface area contributed by atoms with Crippen molar-refractivity contribution in [3.63, 3.8) is 0 Å². The Balaban J connectivity index is 1.39. The molecule has 1 saturated heterocycles. The molecule has 33 heavy (non-hydrogen) atoms. The Labute approximate surface area is 209 Å². The van der Waals surface area contributed by atoms with Crippen molar-refractivity contribution in [3.8, 4) is 5.75 Å². The SMILES string of the molecule is Cc1cccc(COc2ccc(/C=C3/SC(=S)N(NC(=O)c4ccc(Br)cc4)C3=O)cc2)c1. The maximum atomic E-state index is 12.8. The Hall–Kier alpha value is -2.94. The molecule has 0 aromatic heterocycles. The lowest BCUT2D eigenvalue weighted by molar-refractivity contribution is -0.123. The predicted molar refractivity (Wildman–Crippen MR) is 139 cm³/mol. The molecule has 166 valence electrons. The standard InChI is InChI=1S/C25H19BrN2O3S2/c1-16-3-2-4-18(13-16)15-31-21-11-5-17(6-12-21)14-22-24(30)28(25(32)33-22)27-23(29)19-7-9-20(26)10-8-19/h2-14H,15H2,1H3,(H,27,29)/b22-14+. The molecule has 0 radical (unpaired) electrons. The number of thioether (sulfide) groups is 1. The minimum atomic E-state index is -0.407. The van der Waals surface area contributed by atoms with Gasteiger partial charge < -0.3 is 4.74 Å². The number of carbonyl (C=O) groups is 2. The normalized spacial score (nSPS) is 14.6. The number of amides is 2. The van der Waals surface area contributed by atoms with E-state index in [0.717, 1.165) is 38.1 Å². The number of hydrazine groups is 1. The summed E-state index contributed by atoms with van der Waals surface area (Å²) < 4.78 is 6.98. The number of nitrogens with one attached hydrogen (secondary N) is 1. The van der Waals surface area contributed by atoms with Crippen molar-refractivity contribution in [1.82, 2.24) is 10.4 Å². The minimum Gasteiger partial charge on any atom is -0.489 e. The molecule has 3 aromatic carbocycles. The van der Waals surface area contributed by atoms with Gasteiger partial charge in [0.2, 0.25) is 0 Å². The first-order valence-electron chi connectivity index (χ1n) is 10.0. The van der Waals surface area contributed by atoms with Crippen molar-refractivity contribution in [1.29, 1.82) is 0 Å². The van der Waals surface area contributed by atoms with Crippen molar-refractivity contribution in [2.45, 2.75) is 13.5 Å². The van der Waals surface area contributed by atoms with Gasteiger partial charge in [0, 0.05) is 10.0 Å². The molecule has 1 aliphatic heterocycles. The lowest BCUT2D eigenvalue weighted by Crippen LogP contribution is -2.44. The highest BCUT2D eigenvalue weighted by molar-refractivity contribution is 9.10. The van der Waals surface area contributed by atoms with Crippen LogP contribution in [0, 0.1) is 6.92 Å². The summed E-state index contributed by atoms with van der Waals surface area (Å²) in [6.07, 6.45) is 1.75. The van der Waals surface area contributed by atoms with Crippen LogP contribution in [0.1, 0.15) is 27.0 Å². The van der Waals surface area contributed by atoms with Crippen molar-refractivity contribution < 1.29 is 14.3 Å². The molecule has 1 fully saturated rings. The van der Waals surface area contributed by atoms with E-state index in [2.05, 4.69) is 27.4 Å². The van der Waals surface area contributed by atoms with Gasteiger partial charge in [-0.3, -0.25) is 15.0 Å². The number of halogens is 1. The topological polar surface area (TPSA) is 58.6 Å². The van der Waals surface area contributed by atoms with Gasteiger partial charge in [-0.15, -0.1) is 0 Å². The Morgan fingerprint density at radius 1 is 1.12 bits per heavy atom. The fourth-order valence-electron chi connectivity index (χ4n) is 3.11. The highest BCUT2D eigenvalue weighted by atomic mass is 79.9.